The first-order valence-corrected chi connectivity index (χ1v) is 6.47. The predicted molar refractivity (Wildman–Crippen MR) is 74.1 cm³/mol. The van der Waals surface area contributed by atoms with E-state index in [2.05, 4.69) is 20.9 Å². The van der Waals surface area contributed by atoms with E-state index in [1.54, 1.807) is 7.05 Å². The molecule has 0 unspecified atom stereocenters. The summed E-state index contributed by atoms with van der Waals surface area (Å²) >= 11 is 3.38. The third kappa shape index (κ3) is 3.61. The number of hydrogen-bond donors (Lipinski definition) is 0. The summed E-state index contributed by atoms with van der Waals surface area (Å²) in [6.45, 7) is 0.461. The minimum absolute atomic E-state index is 0.235. The van der Waals surface area contributed by atoms with Crippen LogP contribution < -0.4 is 0 Å². The molecule has 1 amide bonds. The molecule has 0 bridgehead atoms. The van der Waals surface area contributed by atoms with E-state index < -0.39 is 5.95 Å². The van der Waals surface area contributed by atoms with Crippen LogP contribution in [0.25, 0.3) is 0 Å². The molecule has 0 aliphatic carbocycles. The smallest absolute Gasteiger partial charge is 0.254 e. The number of carbonyl (C=O) groups is 1. The van der Waals surface area contributed by atoms with Crippen LogP contribution in [0, 0.1) is 5.95 Å². The van der Waals surface area contributed by atoms with Gasteiger partial charge < -0.3 is 4.90 Å². The van der Waals surface area contributed by atoms with Crippen LogP contribution in [0.1, 0.15) is 15.9 Å². The van der Waals surface area contributed by atoms with E-state index in [9.17, 15) is 9.18 Å². The lowest BCUT2D eigenvalue weighted by atomic mass is 10.2. The van der Waals surface area contributed by atoms with E-state index in [-0.39, 0.29) is 5.91 Å². The van der Waals surface area contributed by atoms with Crippen LogP contribution in [-0.2, 0) is 6.54 Å². The maximum absolute atomic E-state index is 13.0. The van der Waals surface area contributed by atoms with Gasteiger partial charge in [-0.15, -0.1) is 0 Å². The fraction of sp³-hybridized carbons (Fsp3) is 0.143. The molecule has 98 valence electrons. The van der Waals surface area contributed by atoms with Gasteiger partial charge in [-0.3, -0.25) is 4.79 Å². The predicted octanol–water partition coefficient (Wildman–Crippen LogP) is 3.26. The lowest BCUT2D eigenvalue weighted by molar-refractivity contribution is 0.0784. The van der Waals surface area contributed by atoms with Crippen molar-refractivity contribution in [1.82, 2.24) is 9.88 Å². The topological polar surface area (TPSA) is 33.2 Å². The first kappa shape index (κ1) is 13.7. The minimum atomic E-state index is -0.651. The Hall–Kier alpha value is -1.75. The molecular weight excluding hydrogens is 311 g/mol. The zero-order valence-corrected chi connectivity index (χ0v) is 11.9. The third-order valence-corrected chi connectivity index (χ3v) is 3.12. The zero-order chi connectivity index (χ0) is 13.8. The molecule has 0 atom stereocenters. The highest BCUT2D eigenvalue weighted by molar-refractivity contribution is 9.10. The molecular formula is C14H12BrFN2O. The molecule has 0 radical (unpaired) electrons. The fourth-order valence-corrected chi connectivity index (χ4v) is 2.18. The summed E-state index contributed by atoms with van der Waals surface area (Å²) in [5, 5.41) is 0. The Morgan fingerprint density at radius 3 is 2.84 bits per heavy atom. The van der Waals surface area contributed by atoms with Crippen LogP contribution in [0.3, 0.4) is 0 Å². The van der Waals surface area contributed by atoms with Gasteiger partial charge in [0.1, 0.15) is 0 Å². The van der Waals surface area contributed by atoms with Crippen molar-refractivity contribution in [2.24, 2.45) is 0 Å². The summed E-state index contributed by atoms with van der Waals surface area (Å²) in [6.07, 6.45) is 1.29. The Morgan fingerprint density at radius 2 is 2.16 bits per heavy atom. The quantitative estimate of drug-likeness (QED) is 0.813. The van der Waals surface area contributed by atoms with Crippen molar-refractivity contribution in [2.75, 3.05) is 7.05 Å². The summed E-state index contributed by atoms with van der Waals surface area (Å²) in [4.78, 5) is 17.1. The highest BCUT2D eigenvalue weighted by Gasteiger charge is 2.13. The Balaban J connectivity index is 2.12. The van der Waals surface area contributed by atoms with Gasteiger partial charge in [-0.25, -0.2) is 4.98 Å². The number of hydrogen-bond acceptors (Lipinski definition) is 2. The Bertz CT molecular complexity index is 604. The second kappa shape index (κ2) is 5.93. The Morgan fingerprint density at radius 1 is 1.37 bits per heavy atom. The van der Waals surface area contributed by atoms with Gasteiger partial charge in [0.05, 0.1) is 0 Å². The number of halogens is 2. The monoisotopic (exact) mass is 322 g/mol. The summed E-state index contributed by atoms with van der Waals surface area (Å²) in [6, 6.07) is 10.3. The van der Waals surface area contributed by atoms with Crippen molar-refractivity contribution in [1.29, 1.82) is 0 Å². The van der Waals surface area contributed by atoms with Crippen molar-refractivity contribution >= 4 is 21.8 Å². The van der Waals surface area contributed by atoms with Gasteiger partial charge in [0.25, 0.3) is 5.91 Å². The fourth-order valence-electron chi connectivity index (χ4n) is 1.74. The summed E-state index contributed by atoms with van der Waals surface area (Å²) in [5.74, 6) is -0.886. The van der Waals surface area contributed by atoms with Gasteiger partial charge >= 0.3 is 0 Å². The van der Waals surface area contributed by atoms with Gasteiger partial charge in [0.2, 0.25) is 5.95 Å². The normalized spacial score (nSPS) is 10.3. The van der Waals surface area contributed by atoms with Crippen molar-refractivity contribution in [2.45, 2.75) is 6.54 Å². The molecule has 0 fully saturated rings. The maximum Gasteiger partial charge on any atom is 0.254 e. The van der Waals surface area contributed by atoms with Crippen molar-refractivity contribution < 1.29 is 9.18 Å². The van der Waals surface area contributed by atoms with E-state index in [1.807, 2.05) is 24.3 Å². The summed E-state index contributed by atoms with van der Waals surface area (Å²) < 4.78 is 13.9. The van der Waals surface area contributed by atoms with E-state index in [1.165, 1.54) is 17.2 Å². The maximum atomic E-state index is 13.0. The van der Waals surface area contributed by atoms with E-state index in [0.717, 1.165) is 16.1 Å². The number of rotatable bonds is 3. The number of carbonyl (C=O) groups excluding carboxylic acids is 1. The van der Waals surface area contributed by atoms with Crippen molar-refractivity contribution in [3.63, 3.8) is 0 Å². The molecule has 0 N–H and O–H groups in total. The van der Waals surface area contributed by atoms with Crippen molar-refractivity contribution in [3.05, 3.63) is 64.1 Å². The van der Waals surface area contributed by atoms with Crippen LogP contribution in [0.5, 0.6) is 0 Å². The van der Waals surface area contributed by atoms with Gasteiger partial charge in [0.15, 0.2) is 0 Å². The average Bonchev–Trinajstić information content (AvgIpc) is 2.38. The minimum Gasteiger partial charge on any atom is -0.337 e. The number of pyridine rings is 1. The number of nitrogens with zero attached hydrogens (tertiary/aromatic N) is 2. The van der Waals surface area contributed by atoms with Crippen LogP contribution in [0.4, 0.5) is 4.39 Å². The molecule has 19 heavy (non-hydrogen) atoms. The molecule has 1 heterocycles. The lowest BCUT2D eigenvalue weighted by Crippen LogP contribution is -2.26. The molecule has 0 aliphatic rings. The standard InChI is InChI=1S/C14H12BrFN2O/c1-18(9-10-3-2-4-12(15)7-10)14(19)11-5-6-17-13(16)8-11/h2-8H,9H2,1H3. The summed E-state index contributed by atoms with van der Waals surface area (Å²) in [5.41, 5.74) is 1.30. The van der Waals surface area contributed by atoms with Gasteiger partial charge in [-0.1, -0.05) is 28.1 Å². The number of amides is 1. The molecule has 5 heteroatoms. The third-order valence-electron chi connectivity index (χ3n) is 2.63. The van der Waals surface area contributed by atoms with Gasteiger partial charge in [-0.05, 0) is 23.8 Å². The average molecular weight is 323 g/mol. The number of benzene rings is 1. The van der Waals surface area contributed by atoms with Gasteiger partial charge in [0, 0.05) is 35.9 Å². The second-order valence-electron chi connectivity index (χ2n) is 4.16. The zero-order valence-electron chi connectivity index (χ0n) is 10.3. The van der Waals surface area contributed by atoms with E-state index in [4.69, 9.17) is 0 Å². The first-order chi connectivity index (χ1) is 9.06. The van der Waals surface area contributed by atoms with Gasteiger partial charge in [-0.2, -0.15) is 4.39 Å². The van der Waals surface area contributed by atoms with E-state index in [0.29, 0.717) is 12.1 Å². The molecule has 1 aromatic heterocycles. The van der Waals surface area contributed by atoms with Crippen LogP contribution >= 0.6 is 15.9 Å². The van der Waals surface area contributed by atoms with E-state index >= 15 is 0 Å². The molecule has 2 aromatic rings. The van der Waals surface area contributed by atoms with Crippen LogP contribution in [0.2, 0.25) is 0 Å². The molecule has 0 saturated carbocycles. The molecule has 0 spiro atoms. The molecule has 2 rings (SSSR count). The lowest BCUT2D eigenvalue weighted by Gasteiger charge is -2.17. The Labute approximate surface area is 119 Å². The number of aromatic nitrogens is 1. The molecule has 1 aromatic carbocycles. The highest BCUT2D eigenvalue weighted by atomic mass is 79.9. The summed E-state index contributed by atoms with van der Waals surface area (Å²) in [7, 11) is 1.68. The first-order valence-electron chi connectivity index (χ1n) is 5.68. The molecule has 0 saturated heterocycles. The highest BCUT2D eigenvalue weighted by Crippen LogP contribution is 2.14. The van der Waals surface area contributed by atoms with Crippen LogP contribution in [-0.4, -0.2) is 22.8 Å². The molecule has 0 aliphatic heterocycles. The van der Waals surface area contributed by atoms with Crippen molar-refractivity contribution in [3.8, 4) is 0 Å². The van der Waals surface area contributed by atoms with Crippen LogP contribution in [0.15, 0.2) is 47.1 Å². The second-order valence-corrected chi connectivity index (χ2v) is 5.07. The Kier molecular flexibility index (Phi) is 4.27. The SMILES string of the molecule is CN(Cc1cccc(Br)c1)C(=O)c1ccnc(F)c1. The molecule has 3 nitrogen and oxygen atoms in total. The largest absolute Gasteiger partial charge is 0.337 e.